The average Bonchev–Trinajstić information content (AvgIpc) is 2.86. The lowest BCUT2D eigenvalue weighted by Crippen LogP contribution is -2.55. The SMILES string of the molecule is CC1=C(c2cccc(O)c2)C(c2ccc(OC[C@H](CF)N3CC(CF)C3)cc2)Oc2ccc(O)cc21. The first-order chi connectivity index (χ1) is 17.5. The van der Waals surface area contributed by atoms with Crippen LogP contribution in [0.2, 0.25) is 0 Å². The van der Waals surface area contributed by atoms with Gasteiger partial charge in [0.2, 0.25) is 0 Å². The Morgan fingerprint density at radius 1 is 1.00 bits per heavy atom. The maximum absolute atomic E-state index is 13.5. The van der Waals surface area contributed by atoms with Gasteiger partial charge < -0.3 is 19.7 Å². The summed E-state index contributed by atoms with van der Waals surface area (Å²) in [5, 5.41) is 20.1. The van der Waals surface area contributed by atoms with E-state index >= 15 is 0 Å². The highest BCUT2D eigenvalue weighted by atomic mass is 19.1. The molecule has 5 rings (SSSR count). The zero-order chi connectivity index (χ0) is 25.2. The Bertz CT molecular complexity index is 1250. The minimum absolute atomic E-state index is 0.000147. The molecule has 1 unspecified atom stereocenters. The third-order valence-electron chi connectivity index (χ3n) is 6.96. The quantitative estimate of drug-likeness (QED) is 0.417. The van der Waals surface area contributed by atoms with Crippen molar-refractivity contribution in [1.82, 2.24) is 4.90 Å². The molecule has 0 aromatic heterocycles. The topological polar surface area (TPSA) is 62.2 Å². The van der Waals surface area contributed by atoms with Gasteiger partial charge in [0.25, 0.3) is 0 Å². The van der Waals surface area contributed by atoms with E-state index in [1.807, 2.05) is 42.2 Å². The number of ether oxygens (including phenoxy) is 2. The highest BCUT2D eigenvalue weighted by Crippen LogP contribution is 2.47. The van der Waals surface area contributed by atoms with Gasteiger partial charge >= 0.3 is 0 Å². The predicted molar refractivity (Wildman–Crippen MR) is 135 cm³/mol. The Kier molecular flexibility index (Phi) is 6.83. The van der Waals surface area contributed by atoms with Gasteiger partial charge in [-0.2, -0.15) is 0 Å². The monoisotopic (exact) mass is 493 g/mol. The van der Waals surface area contributed by atoms with E-state index in [4.69, 9.17) is 9.47 Å². The predicted octanol–water partition coefficient (Wildman–Crippen LogP) is 5.78. The number of benzene rings is 3. The number of hydrogen-bond acceptors (Lipinski definition) is 5. The van der Waals surface area contributed by atoms with Crippen LogP contribution in [0.25, 0.3) is 11.1 Å². The van der Waals surface area contributed by atoms with Crippen LogP contribution in [-0.4, -0.2) is 54.2 Å². The van der Waals surface area contributed by atoms with Crippen LogP contribution in [0.3, 0.4) is 0 Å². The maximum atomic E-state index is 13.5. The first kappa shape index (κ1) is 24.1. The number of nitrogens with zero attached hydrogens (tertiary/aromatic N) is 1. The maximum Gasteiger partial charge on any atom is 0.150 e. The number of hydrogen-bond donors (Lipinski definition) is 2. The van der Waals surface area contributed by atoms with E-state index in [-0.39, 0.29) is 36.7 Å². The zero-order valence-corrected chi connectivity index (χ0v) is 20.0. The Labute approximate surface area is 209 Å². The fourth-order valence-electron chi connectivity index (χ4n) is 4.90. The number of rotatable bonds is 8. The molecule has 2 atom stereocenters. The van der Waals surface area contributed by atoms with E-state index in [1.54, 1.807) is 36.4 Å². The number of allylic oxidation sites excluding steroid dienone is 1. The van der Waals surface area contributed by atoms with Crippen LogP contribution in [0.15, 0.2) is 66.7 Å². The summed E-state index contributed by atoms with van der Waals surface area (Å²) < 4.78 is 38.5. The minimum Gasteiger partial charge on any atom is -0.508 e. The molecule has 0 bridgehead atoms. The van der Waals surface area contributed by atoms with Crippen LogP contribution in [-0.2, 0) is 0 Å². The second-order valence-corrected chi connectivity index (χ2v) is 9.43. The van der Waals surface area contributed by atoms with Gasteiger partial charge in [-0.1, -0.05) is 24.3 Å². The van der Waals surface area contributed by atoms with Crippen molar-refractivity contribution < 1.29 is 28.5 Å². The van der Waals surface area contributed by atoms with Crippen molar-refractivity contribution in [3.05, 3.63) is 83.4 Å². The molecule has 0 amide bonds. The Morgan fingerprint density at radius 2 is 1.75 bits per heavy atom. The standard InChI is InChI=1S/C29H29F2NO4/c1-18-26-12-24(34)7-10-27(26)36-29(28(18)21-3-2-4-23(33)11-21)20-5-8-25(9-6-20)35-17-22(14-31)32-15-19(13-30)16-32/h2-12,19,22,29,33-34H,13-17H2,1H3/t22-,29?/m0/s1. The summed E-state index contributed by atoms with van der Waals surface area (Å²) in [4.78, 5) is 1.92. The van der Waals surface area contributed by atoms with Crippen molar-refractivity contribution in [3.63, 3.8) is 0 Å². The molecule has 188 valence electrons. The lowest BCUT2D eigenvalue weighted by Gasteiger charge is -2.42. The molecule has 2 aliphatic heterocycles. The molecule has 2 heterocycles. The summed E-state index contributed by atoms with van der Waals surface area (Å²) in [5.74, 6) is 1.57. The summed E-state index contributed by atoms with van der Waals surface area (Å²) in [6, 6.07) is 19.1. The molecule has 36 heavy (non-hydrogen) atoms. The lowest BCUT2D eigenvalue weighted by molar-refractivity contribution is 0.00905. The molecule has 0 radical (unpaired) electrons. The number of phenolic OH excluding ortho intramolecular Hbond substituents is 2. The zero-order valence-electron chi connectivity index (χ0n) is 20.0. The second-order valence-electron chi connectivity index (χ2n) is 9.43. The lowest BCUT2D eigenvalue weighted by atomic mass is 9.86. The third-order valence-corrected chi connectivity index (χ3v) is 6.96. The Balaban J connectivity index is 1.39. The fourth-order valence-corrected chi connectivity index (χ4v) is 4.90. The number of phenols is 2. The van der Waals surface area contributed by atoms with Gasteiger partial charge in [0.05, 0.1) is 12.7 Å². The molecule has 7 heteroatoms. The second kappa shape index (κ2) is 10.2. The number of aromatic hydroxyl groups is 2. The van der Waals surface area contributed by atoms with Crippen LogP contribution >= 0.6 is 0 Å². The van der Waals surface area contributed by atoms with Crippen molar-refractivity contribution in [2.45, 2.75) is 19.1 Å². The van der Waals surface area contributed by atoms with Crippen LogP contribution in [0.5, 0.6) is 23.0 Å². The number of likely N-dealkylation sites (tertiary alicyclic amines) is 1. The number of halogens is 2. The van der Waals surface area contributed by atoms with Crippen LogP contribution in [0.1, 0.15) is 29.7 Å². The van der Waals surface area contributed by atoms with E-state index in [2.05, 4.69) is 0 Å². The normalized spacial score (nSPS) is 18.8. The summed E-state index contributed by atoms with van der Waals surface area (Å²) >= 11 is 0. The molecule has 1 fully saturated rings. The Morgan fingerprint density at radius 3 is 2.44 bits per heavy atom. The highest BCUT2D eigenvalue weighted by molar-refractivity contribution is 5.95. The van der Waals surface area contributed by atoms with E-state index in [1.165, 1.54) is 0 Å². The van der Waals surface area contributed by atoms with Gasteiger partial charge in [0.15, 0.2) is 0 Å². The molecule has 2 N–H and O–H groups in total. The Hall–Kier alpha value is -3.58. The largest absolute Gasteiger partial charge is 0.508 e. The van der Waals surface area contributed by atoms with Crippen molar-refractivity contribution in [1.29, 1.82) is 0 Å². The minimum atomic E-state index is -0.542. The smallest absolute Gasteiger partial charge is 0.150 e. The molecule has 5 nitrogen and oxygen atoms in total. The summed E-state index contributed by atoms with van der Waals surface area (Å²) in [7, 11) is 0. The highest BCUT2D eigenvalue weighted by Gasteiger charge is 2.33. The van der Waals surface area contributed by atoms with Gasteiger partial charge in [0, 0.05) is 30.1 Å². The van der Waals surface area contributed by atoms with Gasteiger partial charge in [-0.15, -0.1) is 0 Å². The molecule has 0 aliphatic carbocycles. The van der Waals surface area contributed by atoms with Gasteiger partial charge in [-0.25, -0.2) is 4.39 Å². The molecular formula is C29H29F2NO4. The average molecular weight is 494 g/mol. The van der Waals surface area contributed by atoms with Gasteiger partial charge in [-0.3, -0.25) is 9.29 Å². The van der Waals surface area contributed by atoms with Crippen molar-refractivity contribution in [2.75, 3.05) is 33.0 Å². The summed E-state index contributed by atoms with van der Waals surface area (Å²) in [6.07, 6.45) is -0.449. The molecule has 2 aliphatic rings. The molecule has 0 saturated carbocycles. The van der Waals surface area contributed by atoms with Crippen molar-refractivity contribution >= 4 is 11.1 Å². The van der Waals surface area contributed by atoms with Crippen molar-refractivity contribution in [2.24, 2.45) is 5.92 Å². The van der Waals surface area contributed by atoms with Gasteiger partial charge in [-0.05, 0) is 66.1 Å². The summed E-state index contributed by atoms with van der Waals surface area (Å²) in [6.45, 7) is 2.39. The van der Waals surface area contributed by atoms with Crippen LogP contribution in [0.4, 0.5) is 8.78 Å². The van der Waals surface area contributed by atoms with Crippen LogP contribution < -0.4 is 9.47 Å². The molecular weight excluding hydrogens is 464 g/mol. The van der Waals surface area contributed by atoms with Gasteiger partial charge in [0.1, 0.15) is 42.4 Å². The van der Waals surface area contributed by atoms with Crippen molar-refractivity contribution in [3.8, 4) is 23.0 Å². The first-order valence-electron chi connectivity index (χ1n) is 12.1. The molecule has 3 aromatic rings. The molecule has 3 aromatic carbocycles. The fraction of sp³-hybridized carbons (Fsp3) is 0.310. The van der Waals surface area contributed by atoms with Crippen LogP contribution in [0, 0.1) is 5.92 Å². The van der Waals surface area contributed by atoms with E-state index in [9.17, 15) is 19.0 Å². The summed E-state index contributed by atoms with van der Waals surface area (Å²) in [5.41, 5.74) is 4.32. The number of fused-ring (bicyclic) bond motifs is 1. The van der Waals surface area contributed by atoms with E-state index in [0.29, 0.717) is 24.6 Å². The van der Waals surface area contributed by atoms with E-state index < -0.39 is 12.8 Å². The molecule has 1 saturated heterocycles. The first-order valence-corrected chi connectivity index (χ1v) is 12.1. The number of alkyl halides is 2. The molecule has 0 spiro atoms. The van der Waals surface area contributed by atoms with E-state index in [0.717, 1.165) is 27.8 Å². The third kappa shape index (κ3) is 4.75.